The van der Waals surface area contributed by atoms with Gasteiger partial charge in [-0.15, -0.1) is 0 Å². The number of methoxy groups -OCH3 is 1. The van der Waals surface area contributed by atoms with Crippen molar-refractivity contribution in [2.45, 2.75) is 32.8 Å². The van der Waals surface area contributed by atoms with Crippen molar-refractivity contribution in [3.05, 3.63) is 46.8 Å². The number of aryl methyl sites for hydroxylation is 2. The van der Waals surface area contributed by atoms with Gasteiger partial charge in [-0.05, 0) is 49.9 Å². The van der Waals surface area contributed by atoms with Crippen LogP contribution in [0, 0.1) is 13.8 Å². The third-order valence-electron chi connectivity index (χ3n) is 3.81. The predicted octanol–water partition coefficient (Wildman–Crippen LogP) is 2.71. The molecule has 0 aliphatic carbocycles. The number of hydrogen-bond donors (Lipinski definition) is 1. The summed E-state index contributed by atoms with van der Waals surface area (Å²) in [6.07, 6.45) is 1.02. The molecule has 1 aromatic heterocycles. The van der Waals surface area contributed by atoms with Crippen LogP contribution in [0.2, 0.25) is 0 Å². The summed E-state index contributed by atoms with van der Waals surface area (Å²) in [6.45, 7) is 4.08. The lowest BCUT2D eigenvalue weighted by molar-refractivity contribution is 0.167. The molecule has 0 amide bonds. The smallest absolute Gasteiger partial charge is 0.119 e. The van der Waals surface area contributed by atoms with Crippen LogP contribution < -0.4 is 4.74 Å². The Hall–Kier alpha value is -1.81. The minimum absolute atomic E-state index is 0.482. The molecule has 4 nitrogen and oxygen atoms in total. The first-order valence-electron chi connectivity index (χ1n) is 6.84. The maximum Gasteiger partial charge on any atom is 0.119 e. The topological polar surface area (TPSA) is 47.3 Å². The second-order valence-electron chi connectivity index (χ2n) is 5.10. The Morgan fingerprint density at radius 1 is 1.35 bits per heavy atom. The van der Waals surface area contributed by atoms with Gasteiger partial charge in [0.25, 0.3) is 0 Å². The number of aromatic nitrogens is 2. The Bertz CT molecular complexity index is 590. The van der Waals surface area contributed by atoms with Crippen LogP contribution in [0.3, 0.4) is 0 Å². The molecule has 1 aromatic carbocycles. The van der Waals surface area contributed by atoms with Crippen molar-refractivity contribution in [3.8, 4) is 5.75 Å². The number of hydrogen-bond acceptors (Lipinski definition) is 3. The standard InChI is InChI=1S/C16H22N2O2/c1-11-15(12(2)18(3)17-11)8-9-16(19)13-6-5-7-14(10-13)20-4/h5-7,10,16,19H,8-9H2,1-4H3. The van der Waals surface area contributed by atoms with Gasteiger partial charge in [-0.25, -0.2) is 0 Å². The monoisotopic (exact) mass is 274 g/mol. The molecule has 2 aromatic rings. The van der Waals surface area contributed by atoms with Crippen molar-refractivity contribution < 1.29 is 9.84 Å². The van der Waals surface area contributed by atoms with E-state index in [0.29, 0.717) is 6.42 Å². The number of aliphatic hydroxyl groups is 1. The van der Waals surface area contributed by atoms with Crippen molar-refractivity contribution in [2.75, 3.05) is 7.11 Å². The normalized spacial score (nSPS) is 12.4. The fourth-order valence-electron chi connectivity index (χ4n) is 2.48. The highest BCUT2D eigenvalue weighted by Crippen LogP contribution is 2.24. The fraction of sp³-hybridized carbons (Fsp3) is 0.438. The third-order valence-corrected chi connectivity index (χ3v) is 3.81. The summed E-state index contributed by atoms with van der Waals surface area (Å²) in [5.41, 5.74) is 4.33. The molecule has 1 heterocycles. The molecule has 0 fully saturated rings. The molecule has 0 spiro atoms. The van der Waals surface area contributed by atoms with E-state index in [0.717, 1.165) is 23.4 Å². The largest absolute Gasteiger partial charge is 0.497 e. The first-order chi connectivity index (χ1) is 9.52. The maximum absolute atomic E-state index is 10.3. The van der Waals surface area contributed by atoms with Crippen LogP contribution in [0.25, 0.3) is 0 Å². The van der Waals surface area contributed by atoms with Crippen LogP contribution in [0.5, 0.6) is 5.75 Å². The summed E-state index contributed by atoms with van der Waals surface area (Å²) in [5.74, 6) is 0.773. The molecular weight excluding hydrogens is 252 g/mol. The maximum atomic E-state index is 10.3. The second kappa shape index (κ2) is 6.09. The average molecular weight is 274 g/mol. The van der Waals surface area contributed by atoms with Gasteiger partial charge in [-0.2, -0.15) is 5.10 Å². The third kappa shape index (κ3) is 3.02. The Kier molecular flexibility index (Phi) is 4.45. The van der Waals surface area contributed by atoms with E-state index in [-0.39, 0.29) is 0 Å². The van der Waals surface area contributed by atoms with Crippen LogP contribution in [-0.4, -0.2) is 22.0 Å². The molecule has 0 saturated heterocycles. The van der Waals surface area contributed by atoms with Crippen LogP contribution >= 0.6 is 0 Å². The summed E-state index contributed by atoms with van der Waals surface area (Å²) < 4.78 is 7.08. The molecule has 2 rings (SSSR count). The fourth-order valence-corrected chi connectivity index (χ4v) is 2.48. The van der Waals surface area contributed by atoms with Crippen LogP contribution in [-0.2, 0) is 13.5 Å². The Labute approximate surface area is 120 Å². The molecule has 108 valence electrons. The molecule has 0 bridgehead atoms. The Morgan fingerprint density at radius 3 is 2.70 bits per heavy atom. The number of aliphatic hydroxyl groups excluding tert-OH is 1. The van der Waals surface area contributed by atoms with E-state index in [1.54, 1.807) is 7.11 Å². The first-order valence-corrected chi connectivity index (χ1v) is 6.84. The summed E-state index contributed by atoms with van der Waals surface area (Å²) in [5, 5.41) is 14.7. The highest BCUT2D eigenvalue weighted by Gasteiger charge is 2.13. The summed E-state index contributed by atoms with van der Waals surface area (Å²) >= 11 is 0. The lowest BCUT2D eigenvalue weighted by Gasteiger charge is -2.12. The molecule has 0 aliphatic rings. The van der Waals surface area contributed by atoms with Gasteiger partial charge in [0.2, 0.25) is 0 Å². The quantitative estimate of drug-likeness (QED) is 0.912. The minimum atomic E-state index is -0.482. The molecule has 4 heteroatoms. The second-order valence-corrected chi connectivity index (χ2v) is 5.10. The predicted molar refractivity (Wildman–Crippen MR) is 79.0 cm³/mol. The highest BCUT2D eigenvalue weighted by atomic mass is 16.5. The van der Waals surface area contributed by atoms with Gasteiger partial charge in [0.15, 0.2) is 0 Å². The highest BCUT2D eigenvalue weighted by molar-refractivity contribution is 5.30. The zero-order valence-electron chi connectivity index (χ0n) is 12.6. The number of nitrogens with zero attached hydrogens (tertiary/aromatic N) is 2. The van der Waals surface area contributed by atoms with Crippen molar-refractivity contribution in [2.24, 2.45) is 7.05 Å². The van der Waals surface area contributed by atoms with Crippen LogP contribution in [0.1, 0.15) is 35.0 Å². The van der Waals surface area contributed by atoms with E-state index in [4.69, 9.17) is 4.74 Å². The number of ether oxygens (including phenoxy) is 1. The van der Waals surface area contributed by atoms with Gasteiger partial charge >= 0.3 is 0 Å². The zero-order valence-corrected chi connectivity index (χ0v) is 12.6. The number of benzene rings is 1. The molecule has 0 aliphatic heterocycles. The molecule has 0 saturated carbocycles. The summed E-state index contributed by atoms with van der Waals surface area (Å²) in [7, 11) is 3.58. The van der Waals surface area contributed by atoms with Gasteiger partial charge in [-0.3, -0.25) is 4.68 Å². The molecule has 1 unspecified atom stereocenters. The molecule has 1 N–H and O–H groups in total. The SMILES string of the molecule is COc1cccc(C(O)CCc2c(C)nn(C)c2C)c1. The lowest BCUT2D eigenvalue weighted by Crippen LogP contribution is -2.01. The Balaban J connectivity index is 2.06. The zero-order chi connectivity index (χ0) is 14.7. The van der Waals surface area contributed by atoms with Crippen molar-refractivity contribution >= 4 is 0 Å². The average Bonchev–Trinajstić information content (AvgIpc) is 2.70. The minimum Gasteiger partial charge on any atom is -0.497 e. The van der Waals surface area contributed by atoms with Crippen molar-refractivity contribution in [3.63, 3.8) is 0 Å². The summed E-state index contributed by atoms with van der Waals surface area (Å²) in [6, 6.07) is 7.59. The van der Waals surface area contributed by atoms with Gasteiger partial charge in [0, 0.05) is 12.7 Å². The van der Waals surface area contributed by atoms with Crippen molar-refractivity contribution in [1.82, 2.24) is 9.78 Å². The molecule has 1 atom stereocenters. The molecule has 0 radical (unpaired) electrons. The van der Waals surface area contributed by atoms with Gasteiger partial charge in [0.05, 0.1) is 18.9 Å². The van der Waals surface area contributed by atoms with Crippen molar-refractivity contribution in [1.29, 1.82) is 0 Å². The lowest BCUT2D eigenvalue weighted by atomic mass is 10.0. The molecular formula is C16H22N2O2. The van der Waals surface area contributed by atoms with E-state index < -0.39 is 6.10 Å². The van der Waals surface area contributed by atoms with E-state index >= 15 is 0 Å². The van der Waals surface area contributed by atoms with E-state index in [9.17, 15) is 5.11 Å². The van der Waals surface area contributed by atoms with Crippen LogP contribution in [0.15, 0.2) is 24.3 Å². The van der Waals surface area contributed by atoms with E-state index in [1.807, 2.05) is 42.9 Å². The van der Waals surface area contributed by atoms with E-state index in [1.165, 1.54) is 11.3 Å². The Morgan fingerprint density at radius 2 is 2.10 bits per heavy atom. The van der Waals surface area contributed by atoms with Gasteiger partial charge in [0.1, 0.15) is 5.75 Å². The first kappa shape index (κ1) is 14.6. The van der Waals surface area contributed by atoms with Gasteiger partial charge in [-0.1, -0.05) is 12.1 Å². The van der Waals surface area contributed by atoms with Crippen LogP contribution in [0.4, 0.5) is 0 Å². The number of rotatable bonds is 5. The van der Waals surface area contributed by atoms with Gasteiger partial charge < -0.3 is 9.84 Å². The molecule has 20 heavy (non-hydrogen) atoms. The summed E-state index contributed by atoms with van der Waals surface area (Å²) in [4.78, 5) is 0. The van der Waals surface area contributed by atoms with E-state index in [2.05, 4.69) is 12.0 Å².